The van der Waals surface area contributed by atoms with Gasteiger partial charge >= 0.3 is 0 Å². The van der Waals surface area contributed by atoms with Crippen molar-refractivity contribution in [1.29, 1.82) is 0 Å². The fourth-order valence-corrected chi connectivity index (χ4v) is 3.21. The maximum atomic E-state index is 13.7. The fourth-order valence-electron chi connectivity index (χ4n) is 1.94. The third-order valence-corrected chi connectivity index (χ3v) is 4.85. The van der Waals surface area contributed by atoms with Crippen LogP contribution in [0.1, 0.15) is 5.56 Å². The number of nitrogens with one attached hydrogen (secondary N) is 1. The minimum atomic E-state index is -0.401. The number of hydrogen-bond donors (Lipinski definition) is 1. The van der Waals surface area contributed by atoms with Gasteiger partial charge in [0.05, 0.1) is 0 Å². The number of likely N-dealkylation sites (N-methyl/N-ethyl adjacent to an activating group) is 1. The van der Waals surface area contributed by atoms with Crippen LogP contribution in [0.5, 0.6) is 0 Å². The Morgan fingerprint density at radius 1 is 1.14 bits per heavy atom. The molecule has 0 amide bonds. The van der Waals surface area contributed by atoms with Crippen molar-refractivity contribution in [3.8, 4) is 0 Å². The maximum Gasteiger partial charge on any atom is 0.126 e. The molecule has 0 radical (unpaired) electrons. The Labute approximate surface area is 136 Å². The van der Waals surface area contributed by atoms with E-state index in [1.54, 1.807) is 11.8 Å². The molecule has 1 N–H and O–H groups in total. The van der Waals surface area contributed by atoms with Crippen LogP contribution in [-0.4, -0.2) is 18.8 Å². The Kier molecular flexibility index (Phi) is 6.21. The van der Waals surface area contributed by atoms with Gasteiger partial charge in [0.2, 0.25) is 0 Å². The quantitative estimate of drug-likeness (QED) is 0.741. The second-order valence-corrected chi connectivity index (χ2v) is 6.70. The van der Waals surface area contributed by atoms with Crippen LogP contribution in [0, 0.1) is 11.6 Å². The summed E-state index contributed by atoms with van der Waals surface area (Å²) in [6.45, 7) is 0. The minimum Gasteiger partial charge on any atom is -0.316 e. The lowest BCUT2D eigenvalue weighted by Crippen LogP contribution is -2.30. The van der Waals surface area contributed by atoms with Gasteiger partial charge in [-0.15, -0.1) is 11.8 Å². The number of rotatable bonds is 6. The van der Waals surface area contributed by atoms with Gasteiger partial charge in [0, 0.05) is 21.2 Å². The zero-order valence-corrected chi connectivity index (χ0v) is 14.0. The first-order chi connectivity index (χ1) is 10.1. The molecule has 0 fully saturated rings. The molecule has 2 aromatic carbocycles. The van der Waals surface area contributed by atoms with Crippen molar-refractivity contribution in [2.45, 2.75) is 17.4 Å². The molecule has 0 aliphatic heterocycles. The van der Waals surface area contributed by atoms with Gasteiger partial charge in [0.15, 0.2) is 0 Å². The molecule has 0 aliphatic carbocycles. The summed E-state index contributed by atoms with van der Waals surface area (Å²) in [5.74, 6) is 0.0285. The van der Waals surface area contributed by atoms with Gasteiger partial charge in [-0.05, 0) is 61.5 Å². The lowest BCUT2D eigenvalue weighted by molar-refractivity contribution is 0.555. The molecule has 2 aromatic rings. The molecule has 1 atom stereocenters. The summed E-state index contributed by atoms with van der Waals surface area (Å²) in [6.07, 6.45) is 0.462. The topological polar surface area (TPSA) is 12.0 Å². The number of hydrogen-bond acceptors (Lipinski definition) is 2. The standard InChI is InChI=1S/C16H16BrF2NS/c1-20-14(9-11-8-13(18)4-7-16(11)19)10-21-15-5-2-12(17)3-6-15/h2-8,14,20H,9-10H2,1H3. The molecular weight excluding hydrogens is 356 g/mol. The molecule has 0 heterocycles. The van der Waals surface area contributed by atoms with Crippen LogP contribution in [0.2, 0.25) is 0 Å². The maximum absolute atomic E-state index is 13.7. The third kappa shape index (κ3) is 5.09. The third-order valence-electron chi connectivity index (χ3n) is 3.15. The largest absolute Gasteiger partial charge is 0.316 e. The summed E-state index contributed by atoms with van der Waals surface area (Å²) < 4.78 is 27.9. The van der Waals surface area contributed by atoms with E-state index in [1.807, 2.05) is 31.3 Å². The molecule has 5 heteroatoms. The van der Waals surface area contributed by atoms with Crippen LogP contribution in [0.4, 0.5) is 8.78 Å². The first kappa shape index (κ1) is 16.5. The van der Waals surface area contributed by atoms with Gasteiger partial charge < -0.3 is 5.32 Å². The smallest absolute Gasteiger partial charge is 0.126 e. The number of benzene rings is 2. The Hall–Kier alpha value is -0.910. The highest BCUT2D eigenvalue weighted by Gasteiger charge is 2.12. The first-order valence-electron chi connectivity index (χ1n) is 6.58. The molecule has 0 bridgehead atoms. The second kappa shape index (κ2) is 7.92. The van der Waals surface area contributed by atoms with Crippen molar-refractivity contribution in [1.82, 2.24) is 5.32 Å². The first-order valence-corrected chi connectivity index (χ1v) is 8.36. The summed E-state index contributed by atoms with van der Waals surface area (Å²) in [7, 11) is 1.84. The monoisotopic (exact) mass is 371 g/mol. The van der Waals surface area contributed by atoms with E-state index in [9.17, 15) is 8.78 Å². The van der Waals surface area contributed by atoms with Gasteiger partial charge in [-0.25, -0.2) is 8.78 Å². The molecule has 0 saturated heterocycles. The van der Waals surface area contributed by atoms with E-state index in [-0.39, 0.29) is 11.9 Å². The average Bonchev–Trinajstić information content (AvgIpc) is 2.48. The molecule has 21 heavy (non-hydrogen) atoms. The minimum absolute atomic E-state index is 0.0787. The van der Waals surface area contributed by atoms with Crippen molar-refractivity contribution < 1.29 is 8.78 Å². The number of thioether (sulfide) groups is 1. The van der Waals surface area contributed by atoms with E-state index in [4.69, 9.17) is 0 Å². The normalized spacial score (nSPS) is 12.4. The molecule has 112 valence electrons. The molecule has 1 nitrogen and oxygen atoms in total. The Bertz CT molecular complexity index is 589. The highest BCUT2D eigenvalue weighted by molar-refractivity contribution is 9.10. The Morgan fingerprint density at radius 2 is 1.86 bits per heavy atom. The Balaban J connectivity index is 1.96. The van der Waals surface area contributed by atoms with Crippen molar-refractivity contribution >= 4 is 27.7 Å². The van der Waals surface area contributed by atoms with E-state index in [0.717, 1.165) is 21.2 Å². The Morgan fingerprint density at radius 3 is 2.52 bits per heavy atom. The van der Waals surface area contributed by atoms with Crippen molar-refractivity contribution in [3.63, 3.8) is 0 Å². The van der Waals surface area contributed by atoms with Crippen LogP contribution in [0.25, 0.3) is 0 Å². The average molecular weight is 372 g/mol. The van der Waals surface area contributed by atoms with E-state index < -0.39 is 5.82 Å². The zero-order chi connectivity index (χ0) is 15.2. The lowest BCUT2D eigenvalue weighted by atomic mass is 10.1. The van der Waals surface area contributed by atoms with Gasteiger partial charge in [-0.3, -0.25) is 0 Å². The van der Waals surface area contributed by atoms with E-state index in [1.165, 1.54) is 12.1 Å². The lowest BCUT2D eigenvalue weighted by Gasteiger charge is -2.16. The van der Waals surface area contributed by atoms with Gasteiger partial charge in [0.25, 0.3) is 0 Å². The summed E-state index contributed by atoms with van der Waals surface area (Å²) in [4.78, 5) is 1.15. The second-order valence-electron chi connectivity index (χ2n) is 4.69. The van der Waals surface area contributed by atoms with Crippen LogP contribution in [0.15, 0.2) is 51.8 Å². The molecule has 1 unspecified atom stereocenters. The molecule has 0 spiro atoms. The number of halogens is 3. The molecule has 2 rings (SSSR count). The van der Waals surface area contributed by atoms with Gasteiger partial charge in [-0.1, -0.05) is 15.9 Å². The predicted octanol–water partition coefficient (Wildman–Crippen LogP) is 4.65. The summed E-state index contributed by atoms with van der Waals surface area (Å²) >= 11 is 5.09. The van der Waals surface area contributed by atoms with E-state index >= 15 is 0 Å². The predicted molar refractivity (Wildman–Crippen MR) is 87.8 cm³/mol. The van der Waals surface area contributed by atoms with E-state index in [2.05, 4.69) is 21.2 Å². The van der Waals surface area contributed by atoms with Crippen LogP contribution >= 0.6 is 27.7 Å². The molecule has 0 saturated carbocycles. The van der Waals surface area contributed by atoms with Crippen LogP contribution in [-0.2, 0) is 6.42 Å². The highest BCUT2D eigenvalue weighted by atomic mass is 79.9. The van der Waals surface area contributed by atoms with Gasteiger partial charge in [0.1, 0.15) is 11.6 Å². The van der Waals surface area contributed by atoms with Crippen molar-refractivity contribution in [2.75, 3.05) is 12.8 Å². The fraction of sp³-hybridized carbons (Fsp3) is 0.250. The van der Waals surface area contributed by atoms with Crippen molar-refractivity contribution in [3.05, 3.63) is 64.1 Å². The van der Waals surface area contributed by atoms with Gasteiger partial charge in [-0.2, -0.15) is 0 Å². The zero-order valence-electron chi connectivity index (χ0n) is 11.6. The summed E-state index contributed by atoms with van der Waals surface area (Å²) in [6, 6.07) is 11.7. The summed E-state index contributed by atoms with van der Waals surface area (Å²) in [5, 5.41) is 3.16. The molecular formula is C16H16BrF2NS. The van der Waals surface area contributed by atoms with Crippen LogP contribution < -0.4 is 5.32 Å². The summed E-state index contributed by atoms with van der Waals surface area (Å²) in [5.41, 5.74) is 0.408. The molecule has 0 aromatic heterocycles. The van der Waals surface area contributed by atoms with E-state index in [0.29, 0.717) is 12.0 Å². The SMILES string of the molecule is CNC(CSc1ccc(Br)cc1)Cc1cc(F)ccc1F. The van der Waals surface area contributed by atoms with Crippen molar-refractivity contribution in [2.24, 2.45) is 0 Å². The molecule has 0 aliphatic rings. The van der Waals surface area contributed by atoms with Crippen LogP contribution in [0.3, 0.4) is 0 Å². The highest BCUT2D eigenvalue weighted by Crippen LogP contribution is 2.22.